The lowest BCUT2D eigenvalue weighted by atomic mass is 10.1. The molecule has 1 aromatic heterocycles. The first-order chi connectivity index (χ1) is 18.5. The van der Waals surface area contributed by atoms with Crippen LogP contribution in [0.4, 0.5) is 0 Å². The SMILES string of the molecule is COc1cc(C=C(NC(=O)c2ccccc2)C(=O)NCCc2ccccc2)ccc1OC(=O)c1ccco1. The fourth-order valence-electron chi connectivity index (χ4n) is 3.57. The first-order valence-electron chi connectivity index (χ1n) is 11.9. The van der Waals surface area contributed by atoms with E-state index in [-0.39, 0.29) is 23.0 Å². The molecule has 38 heavy (non-hydrogen) atoms. The molecule has 4 aromatic rings. The fourth-order valence-corrected chi connectivity index (χ4v) is 3.57. The lowest BCUT2D eigenvalue weighted by molar-refractivity contribution is -0.117. The van der Waals surface area contributed by atoms with Crippen LogP contribution < -0.4 is 20.1 Å². The van der Waals surface area contributed by atoms with E-state index in [0.29, 0.717) is 24.1 Å². The molecule has 0 spiro atoms. The maximum absolute atomic E-state index is 13.1. The zero-order valence-corrected chi connectivity index (χ0v) is 20.7. The van der Waals surface area contributed by atoms with Gasteiger partial charge in [0.1, 0.15) is 5.70 Å². The summed E-state index contributed by atoms with van der Waals surface area (Å²) < 4.78 is 15.8. The summed E-state index contributed by atoms with van der Waals surface area (Å²) in [7, 11) is 1.43. The van der Waals surface area contributed by atoms with E-state index in [9.17, 15) is 14.4 Å². The van der Waals surface area contributed by atoms with Crippen molar-refractivity contribution in [1.82, 2.24) is 10.6 Å². The molecule has 4 rings (SSSR count). The molecule has 0 aliphatic heterocycles. The molecule has 0 unspecified atom stereocenters. The van der Waals surface area contributed by atoms with Crippen molar-refractivity contribution in [3.63, 3.8) is 0 Å². The van der Waals surface area contributed by atoms with Crippen LogP contribution in [-0.2, 0) is 11.2 Å². The Balaban J connectivity index is 1.54. The number of rotatable bonds is 10. The van der Waals surface area contributed by atoms with E-state index in [1.165, 1.54) is 31.6 Å². The summed E-state index contributed by atoms with van der Waals surface area (Å²) in [5.74, 6) is -1.06. The Morgan fingerprint density at radius 3 is 2.29 bits per heavy atom. The van der Waals surface area contributed by atoms with Crippen LogP contribution in [0.2, 0.25) is 0 Å². The van der Waals surface area contributed by atoms with E-state index >= 15 is 0 Å². The van der Waals surface area contributed by atoms with Gasteiger partial charge in [-0.2, -0.15) is 0 Å². The first-order valence-corrected chi connectivity index (χ1v) is 11.9. The van der Waals surface area contributed by atoms with Crippen molar-refractivity contribution in [2.45, 2.75) is 6.42 Å². The van der Waals surface area contributed by atoms with Crippen molar-refractivity contribution in [3.8, 4) is 11.5 Å². The normalized spacial score (nSPS) is 10.9. The molecule has 1 heterocycles. The second-order valence-corrected chi connectivity index (χ2v) is 8.15. The first kappa shape index (κ1) is 26.0. The second kappa shape index (κ2) is 12.7. The smallest absolute Gasteiger partial charge is 0.379 e. The minimum absolute atomic E-state index is 0.0501. The Hall–Kier alpha value is -5.11. The molecule has 2 N–H and O–H groups in total. The molecule has 0 bridgehead atoms. The molecule has 0 radical (unpaired) electrons. The van der Waals surface area contributed by atoms with Crippen LogP contribution in [-0.4, -0.2) is 31.4 Å². The zero-order valence-electron chi connectivity index (χ0n) is 20.7. The van der Waals surface area contributed by atoms with Crippen molar-refractivity contribution >= 4 is 23.9 Å². The third-order valence-electron chi connectivity index (χ3n) is 5.49. The number of nitrogens with one attached hydrogen (secondary N) is 2. The molecule has 192 valence electrons. The third-order valence-corrected chi connectivity index (χ3v) is 5.49. The van der Waals surface area contributed by atoms with Crippen molar-refractivity contribution in [2.24, 2.45) is 0 Å². The van der Waals surface area contributed by atoms with Gasteiger partial charge in [0.25, 0.3) is 11.8 Å². The molecule has 3 aromatic carbocycles. The highest BCUT2D eigenvalue weighted by atomic mass is 16.6. The third kappa shape index (κ3) is 6.98. The second-order valence-electron chi connectivity index (χ2n) is 8.15. The fraction of sp³-hybridized carbons (Fsp3) is 0.100. The van der Waals surface area contributed by atoms with E-state index in [4.69, 9.17) is 13.9 Å². The number of carbonyl (C=O) groups excluding carboxylic acids is 3. The van der Waals surface area contributed by atoms with Crippen LogP contribution in [0, 0.1) is 0 Å². The van der Waals surface area contributed by atoms with Crippen LogP contribution in [0.3, 0.4) is 0 Å². The number of hydrogen-bond acceptors (Lipinski definition) is 6. The van der Waals surface area contributed by atoms with E-state index in [1.54, 1.807) is 48.5 Å². The number of hydrogen-bond donors (Lipinski definition) is 2. The number of esters is 1. The van der Waals surface area contributed by atoms with E-state index in [0.717, 1.165) is 5.56 Å². The van der Waals surface area contributed by atoms with Crippen LogP contribution >= 0.6 is 0 Å². The summed E-state index contributed by atoms with van der Waals surface area (Å²) >= 11 is 0. The highest BCUT2D eigenvalue weighted by Gasteiger charge is 2.17. The van der Waals surface area contributed by atoms with E-state index < -0.39 is 17.8 Å². The Morgan fingerprint density at radius 2 is 1.61 bits per heavy atom. The maximum Gasteiger partial charge on any atom is 0.379 e. The molecular weight excluding hydrogens is 484 g/mol. The zero-order chi connectivity index (χ0) is 26.7. The highest BCUT2D eigenvalue weighted by molar-refractivity contribution is 6.05. The molecule has 8 heteroatoms. The van der Waals surface area contributed by atoms with Crippen molar-refractivity contribution in [3.05, 3.63) is 125 Å². The summed E-state index contributed by atoms with van der Waals surface area (Å²) in [6.07, 6.45) is 3.53. The van der Waals surface area contributed by atoms with Crippen LogP contribution in [0.1, 0.15) is 32.0 Å². The summed E-state index contributed by atoms with van der Waals surface area (Å²) in [6, 6.07) is 26.2. The number of carbonyl (C=O) groups is 3. The highest BCUT2D eigenvalue weighted by Crippen LogP contribution is 2.29. The average Bonchev–Trinajstić information content (AvgIpc) is 3.50. The van der Waals surface area contributed by atoms with Crippen molar-refractivity contribution in [2.75, 3.05) is 13.7 Å². The molecule has 0 saturated heterocycles. The minimum atomic E-state index is -0.676. The Bertz CT molecular complexity index is 1410. The van der Waals surface area contributed by atoms with Gasteiger partial charge in [-0.25, -0.2) is 4.79 Å². The van der Waals surface area contributed by atoms with Gasteiger partial charge >= 0.3 is 5.97 Å². The summed E-state index contributed by atoms with van der Waals surface area (Å²) in [4.78, 5) is 38.2. The summed E-state index contributed by atoms with van der Waals surface area (Å²) in [5, 5.41) is 5.56. The van der Waals surface area contributed by atoms with Gasteiger partial charge in [-0.1, -0.05) is 54.6 Å². The monoisotopic (exact) mass is 510 g/mol. The standard InChI is InChI=1S/C30H26N2O6/c1-36-27-20-22(14-15-25(27)38-30(35)26-13-8-18-37-26)19-24(32-28(33)23-11-6-3-7-12-23)29(34)31-17-16-21-9-4-2-5-10-21/h2-15,18-20H,16-17H2,1H3,(H,31,34)(H,32,33). The van der Waals surface area contributed by atoms with Crippen molar-refractivity contribution in [1.29, 1.82) is 0 Å². The average molecular weight is 511 g/mol. The molecule has 0 saturated carbocycles. The molecular formula is C30H26N2O6. The topological polar surface area (TPSA) is 107 Å². The lowest BCUT2D eigenvalue weighted by Gasteiger charge is -2.13. The van der Waals surface area contributed by atoms with E-state index in [1.807, 2.05) is 30.3 Å². The lowest BCUT2D eigenvalue weighted by Crippen LogP contribution is -2.35. The van der Waals surface area contributed by atoms with Crippen LogP contribution in [0.15, 0.2) is 107 Å². The number of amides is 2. The molecule has 0 aliphatic rings. The summed E-state index contributed by atoms with van der Waals surface area (Å²) in [5.41, 5.74) is 2.08. The van der Waals surface area contributed by atoms with Gasteiger partial charge in [0.2, 0.25) is 5.76 Å². The molecule has 2 amide bonds. The van der Waals surface area contributed by atoms with Gasteiger partial charge in [-0.3, -0.25) is 9.59 Å². The van der Waals surface area contributed by atoms with Crippen LogP contribution in [0.25, 0.3) is 6.08 Å². The Labute approximate surface area is 219 Å². The molecule has 0 aliphatic carbocycles. The number of ether oxygens (including phenoxy) is 2. The number of methoxy groups -OCH3 is 1. The van der Waals surface area contributed by atoms with Crippen LogP contribution in [0.5, 0.6) is 11.5 Å². The van der Waals surface area contributed by atoms with E-state index in [2.05, 4.69) is 10.6 Å². The predicted molar refractivity (Wildman–Crippen MR) is 142 cm³/mol. The predicted octanol–water partition coefficient (Wildman–Crippen LogP) is 4.64. The maximum atomic E-state index is 13.1. The number of benzene rings is 3. The van der Waals surface area contributed by atoms with Gasteiger partial charge in [0, 0.05) is 12.1 Å². The molecule has 8 nitrogen and oxygen atoms in total. The minimum Gasteiger partial charge on any atom is -0.493 e. The Kier molecular flexibility index (Phi) is 8.70. The number of furan rings is 1. The Morgan fingerprint density at radius 1 is 0.868 bits per heavy atom. The van der Waals surface area contributed by atoms with Gasteiger partial charge in [0.15, 0.2) is 11.5 Å². The molecule has 0 atom stereocenters. The molecule has 0 fully saturated rings. The van der Waals surface area contributed by atoms with Gasteiger partial charge in [0.05, 0.1) is 13.4 Å². The largest absolute Gasteiger partial charge is 0.493 e. The quantitative estimate of drug-likeness (QED) is 0.183. The van der Waals surface area contributed by atoms with Gasteiger partial charge < -0.3 is 24.5 Å². The van der Waals surface area contributed by atoms with Gasteiger partial charge in [-0.15, -0.1) is 0 Å². The van der Waals surface area contributed by atoms with Crippen molar-refractivity contribution < 1.29 is 28.3 Å². The van der Waals surface area contributed by atoms with Gasteiger partial charge in [-0.05, 0) is 60.0 Å². The summed E-state index contributed by atoms with van der Waals surface area (Å²) in [6.45, 7) is 0.381.